The van der Waals surface area contributed by atoms with E-state index in [1.54, 1.807) is 0 Å². The number of nitrogens with one attached hydrogen (secondary N) is 2. The van der Waals surface area contributed by atoms with E-state index in [0.29, 0.717) is 0 Å². The normalized spacial score (nSPS) is 21.4. The summed E-state index contributed by atoms with van der Waals surface area (Å²) in [6, 6.07) is 0. The molecule has 2 N–H and O–H groups in total. The standard InChI is InChI=1S/C4H8N2S/c7-4-1-2-5-3-6-4/h5H,1-3H2,(H,6,7). The van der Waals surface area contributed by atoms with E-state index in [0.717, 1.165) is 24.6 Å². The van der Waals surface area contributed by atoms with Crippen LogP contribution in [0.25, 0.3) is 0 Å². The van der Waals surface area contributed by atoms with Crippen LogP contribution in [0.4, 0.5) is 0 Å². The summed E-state index contributed by atoms with van der Waals surface area (Å²) in [6.45, 7) is 1.88. The Morgan fingerprint density at radius 3 is 2.71 bits per heavy atom. The lowest BCUT2D eigenvalue weighted by atomic mass is 10.4. The second-order valence-electron chi connectivity index (χ2n) is 1.53. The van der Waals surface area contributed by atoms with Crippen LogP contribution in [-0.4, -0.2) is 18.2 Å². The molecule has 0 aromatic carbocycles. The highest BCUT2D eigenvalue weighted by molar-refractivity contribution is 7.80. The van der Waals surface area contributed by atoms with E-state index < -0.39 is 0 Å². The Balaban J connectivity index is 2.25. The molecule has 0 unspecified atom stereocenters. The van der Waals surface area contributed by atoms with Gasteiger partial charge in [0.1, 0.15) is 0 Å². The number of thiocarbonyl (C=S) groups is 1. The van der Waals surface area contributed by atoms with Crippen molar-refractivity contribution in [1.29, 1.82) is 0 Å². The monoisotopic (exact) mass is 116 g/mol. The van der Waals surface area contributed by atoms with Crippen molar-refractivity contribution in [2.75, 3.05) is 13.2 Å². The van der Waals surface area contributed by atoms with Crippen LogP contribution in [0, 0.1) is 0 Å². The average Bonchev–Trinajstić information content (AvgIpc) is 1.69. The lowest BCUT2D eigenvalue weighted by Gasteiger charge is -2.14. The van der Waals surface area contributed by atoms with Gasteiger partial charge in [0, 0.05) is 13.0 Å². The summed E-state index contributed by atoms with van der Waals surface area (Å²) in [4.78, 5) is 0.985. The van der Waals surface area contributed by atoms with E-state index in [4.69, 9.17) is 12.2 Å². The molecule has 2 nitrogen and oxygen atoms in total. The molecule has 0 aromatic heterocycles. The summed E-state index contributed by atoms with van der Waals surface area (Å²) < 4.78 is 0. The second kappa shape index (κ2) is 2.23. The molecule has 0 radical (unpaired) electrons. The molecule has 0 saturated carbocycles. The predicted molar refractivity (Wildman–Crippen MR) is 33.2 cm³/mol. The molecule has 1 aliphatic rings. The topological polar surface area (TPSA) is 24.1 Å². The molecule has 0 atom stereocenters. The van der Waals surface area contributed by atoms with Crippen LogP contribution >= 0.6 is 12.2 Å². The van der Waals surface area contributed by atoms with Gasteiger partial charge < -0.3 is 5.32 Å². The maximum Gasteiger partial charge on any atom is 0.0776 e. The zero-order valence-corrected chi connectivity index (χ0v) is 4.85. The number of rotatable bonds is 0. The van der Waals surface area contributed by atoms with Gasteiger partial charge in [-0.25, -0.2) is 0 Å². The molecule has 0 aromatic rings. The Morgan fingerprint density at radius 2 is 2.43 bits per heavy atom. The predicted octanol–water partition coefficient (Wildman–Crippen LogP) is -0.146. The van der Waals surface area contributed by atoms with E-state index in [-0.39, 0.29) is 0 Å². The number of hydrogen-bond donors (Lipinski definition) is 2. The van der Waals surface area contributed by atoms with Gasteiger partial charge in [-0.3, -0.25) is 5.32 Å². The smallest absolute Gasteiger partial charge is 0.0776 e. The van der Waals surface area contributed by atoms with Crippen molar-refractivity contribution >= 4 is 17.2 Å². The summed E-state index contributed by atoms with van der Waals surface area (Å²) in [7, 11) is 0. The summed E-state index contributed by atoms with van der Waals surface area (Å²) in [6.07, 6.45) is 0.995. The summed E-state index contributed by atoms with van der Waals surface area (Å²) in [5.74, 6) is 0. The molecule has 3 heteroatoms. The third-order valence-corrected chi connectivity index (χ3v) is 1.29. The van der Waals surface area contributed by atoms with E-state index in [2.05, 4.69) is 10.6 Å². The highest BCUT2D eigenvalue weighted by atomic mass is 32.1. The van der Waals surface area contributed by atoms with Crippen LogP contribution in [0.2, 0.25) is 0 Å². The van der Waals surface area contributed by atoms with Crippen molar-refractivity contribution in [3.63, 3.8) is 0 Å². The first-order valence-electron chi connectivity index (χ1n) is 2.37. The third kappa shape index (κ3) is 1.41. The Morgan fingerprint density at radius 1 is 1.57 bits per heavy atom. The van der Waals surface area contributed by atoms with Gasteiger partial charge in [-0.2, -0.15) is 0 Å². The zero-order valence-electron chi connectivity index (χ0n) is 4.03. The van der Waals surface area contributed by atoms with Crippen LogP contribution in [0.5, 0.6) is 0 Å². The minimum atomic E-state index is 0.846. The minimum absolute atomic E-state index is 0.846. The van der Waals surface area contributed by atoms with Crippen molar-refractivity contribution in [1.82, 2.24) is 10.6 Å². The lowest BCUT2D eigenvalue weighted by molar-refractivity contribution is 0.634. The van der Waals surface area contributed by atoms with Gasteiger partial charge in [0.05, 0.1) is 11.7 Å². The summed E-state index contributed by atoms with van der Waals surface area (Å²) >= 11 is 4.85. The van der Waals surface area contributed by atoms with Gasteiger partial charge in [-0.15, -0.1) is 0 Å². The van der Waals surface area contributed by atoms with E-state index in [1.807, 2.05) is 0 Å². The minimum Gasteiger partial charge on any atom is -0.367 e. The van der Waals surface area contributed by atoms with Gasteiger partial charge in [0.15, 0.2) is 0 Å². The fourth-order valence-electron chi connectivity index (χ4n) is 0.540. The van der Waals surface area contributed by atoms with Crippen molar-refractivity contribution in [3.8, 4) is 0 Å². The molecule has 7 heavy (non-hydrogen) atoms. The molecule has 1 rings (SSSR count). The second-order valence-corrected chi connectivity index (χ2v) is 2.02. The Bertz CT molecular complexity index is 73.8. The molecule has 0 spiro atoms. The molecule has 0 bridgehead atoms. The van der Waals surface area contributed by atoms with Crippen LogP contribution in [0.1, 0.15) is 6.42 Å². The maximum atomic E-state index is 4.85. The Labute approximate surface area is 48.3 Å². The van der Waals surface area contributed by atoms with Crippen molar-refractivity contribution < 1.29 is 0 Å². The first-order valence-corrected chi connectivity index (χ1v) is 2.78. The highest BCUT2D eigenvalue weighted by Crippen LogP contribution is 1.83. The largest absolute Gasteiger partial charge is 0.367 e. The lowest BCUT2D eigenvalue weighted by Crippen LogP contribution is -2.40. The van der Waals surface area contributed by atoms with Crippen LogP contribution < -0.4 is 10.6 Å². The third-order valence-electron chi connectivity index (χ3n) is 0.939. The summed E-state index contributed by atoms with van der Waals surface area (Å²) in [5, 5.41) is 6.12. The molecular formula is C4H8N2S. The first kappa shape index (κ1) is 5.00. The molecular weight excluding hydrogens is 108 g/mol. The van der Waals surface area contributed by atoms with Crippen LogP contribution in [0.3, 0.4) is 0 Å². The SMILES string of the molecule is S=C1CCNCN1. The average molecular weight is 116 g/mol. The van der Waals surface area contributed by atoms with Gasteiger partial charge in [0.2, 0.25) is 0 Å². The van der Waals surface area contributed by atoms with Gasteiger partial charge in [-0.1, -0.05) is 12.2 Å². The molecule has 1 fully saturated rings. The van der Waals surface area contributed by atoms with Crippen molar-refractivity contribution in [3.05, 3.63) is 0 Å². The molecule has 0 aliphatic carbocycles. The maximum absolute atomic E-state index is 4.85. The Kier molecular flexibility index (Phi) is 1.59. The van der Waals surface area contributed by atoms with Gasteiger partial charge in [-0.05, 0) is 0 Å². The quantitative estimate of drug-likeness (QED) is 0.431. The van der Waals surface area contributed by atoms with Gasteiger partial charge in [0.25, 0.3) is 0 Å². The van der Waals surface area contributed by atoms with Crippen LogP contribution in [-0.2, 0) is 0 Å². The van der Waals surface area contributed by atoms with Crippen molar-refractivity contribution in [2.45, 2.75) is 6.42 Å². The van der Waals surface area contributed by atoms with Crippen molar-refractivity contribution in [2.24, 2.45) is 0 Å². The van der Waals surface area contributed by atoms with E-state index in [9.17, 15) is 0 Å². The number of hydrogen-bond acceptors (Lipinski definition) is 2. The first-order chi connectivity index (χ1) is 3.39. The molecule has 0 amide bonds. The van der Waals surface area contributed by atoms with E-state index in [1.165, 1.54) is 0 Å². The van der Waals surface area contributed by atoms with E-state index >= 15 is 0 Å². The van der Waals surface area contributed by atoms with Crippen LogP contribution in [0.15, 0.2) is 0 Å². The molecule has 40 valence electrons. The zero-order chi connectivity index (χ0) is 5.11. The molecule has 1 saturated heterocycles. The Hall–Kier alpha value is -0.150. The fraction of sp³-hybridized carbons (Fsp3) is 0.750. The summed E-state index contributed by atoms with van der Waals surface area (Å²) in [5.41, 5.74) is 0. The molecule has 1 heterocycles. The fourth-order valence-corrected chi connectivity index (χ4v) is 0.714. The highest BCUT2D eigenvalue weighted by Gasteiger charge is 1.98. The molecule has 1 aliphatic heterocycles. The van der Waals surface area contributed by atoms with Gasteiger partial charge >= 0.3 is 0 Å².